The number of rotatable bonds is 2. The lowest BCUT2D eigenvalue weighted by Gasteiger charge is -2.44. The van der Waals surface area contributed by atoms with Crippen molar-refractivity contribution < 1.29 is 22.8 Å². The maximum absolute atomic E-state index is 6.67. The van der Waals surface area contributed by atoms with Crippen molar-refractivity contribution in [3.63, 3.8) is 0 Å². The molecule has 5 nitrogen and oxygen atoms in total. The van der Waals surface area contributed by atoms with Crippen LogP contribution >= 0.6 is 18.1 Å². The van der Waals surface area contributed by atoms with E-state index in [1.807, 2.05) is 0 Å². The second-order valence-electron chi connectivity index (χ2n) is 9.65. The van der Waals surface area contributed by atoms with Gasteiger partial charge in [-0.15, -0.1) is 0 Å². The van der Waals surface area contributed by atoms with Crippen molar-refractivity contribution in [2.45, 2.75) is 65.6 Å². The Labute approximate surface area is 166 Å². The fourth-order valence-electron chi connectivity index (χ4n) is 3.36. The topological polar surface area (TPSA) is 46.2 Å². The van der Waals surface area contributed by atoms with Crippen molar-refractivity contribution in [2.24, 2.45) is 5.41 Å². The summed E-state index contributed by atoms with van der Waals surface area (Å²) in [4.78, 5) is 0. The highest BCUT2D eigenvalue weighted by Gasteiger charge is 2.48. The van der Waals surface area contributed by atoms with Crippen LogP contribution in [-0.4, -0.2) is 26.1 Å². The minimum absolute atomic E-state index is 0.0373. The summed E-state index contributed by atoms with van der Waals surface area (Å²) in [5.74, 6) is 0.921. The standard InChI is InChI=1S/C20H32O5P2/c1-13-8-14(18(2,3)4)16(15(9-13)19(5,6)7)24-17-20(12-23-27-25-17)10-21-26-22-11-20/h8-9,17,26-27H,10-12H2,1-7H3. The van der Waals surface area contributed by atoms with E-state index >= 15 is 0 Å². The third-order valence-electron chi connectivity index (χ3n) is 4.98. The van der Waals surface area contributed by atoms with E-state index in [9.17, 15) is 0 Å². The molecule has 7 heteroatoms. The zero-order valence-electron chi connectivity index (χ0n) is 17.4. The average molecular weight is 414 g/mol. The SMILES string of the molecule is Cc1cc(C(C)(C)C)c(OC2OPOCC23COPOC3)c(C(C)(C)C)c1. The van der Waals surface area contributed by atoms with Gasteiger partial charge in [0.2, 0.25) is 6.29 Å². The smallest absolute Gasteiger partial charge is 0.217 e. The molecule has 1 spiro atoms. The molecular weight excluding hydrogens is 382 g/mol. The van der Waals surface area contributed by atoms with Crippen LogP contribution in [0.25, 0.3) is 0 Å². The molecule has 0 amide bonds. The summed E-state index contributed by atoms with van der Waals surface area (Å²) < 4.78 is 29.5. The van der Waals surface area contributed by atoms with Gasteiger partial charge in [0.05, 0.1) is 19.8 Å². The summed E-state index contributed by atoms with van der Waals surface area (Å²) >= 11 is 0. The molecule has 2 aliphatic heterocycles. The first kappa shape index (κ1) is 21.4. The van der Waals surface area contributed by atoms with E-state index in [-0.39, 0.29) is 28.9 Å². The molecule has 2 fully saturated rings. The summed E-state index contributed by atoms with van der Waals surface area (Å²) in [6, 6.07) is 4.46. The normalized spacial score (nSPS) is 28.8. The number of ether oxygens (including phenoxy) is 1. The quantitative estimate of drug-likeness (QED) is 0.607. The summed E-state index contributed by atoms with van der Waals surface area (Å²) in [5.41, 5.74) is 3.09. The Morgan fingerprint density at radius 2 is 1.37 bits per heavy atom. The summed E-state index contributed by atoms with van der Waals surface area (Å²) in [7, 11) is 0.0314. The number of hydrogen-bond acceptors (Lipinski definition) is 5. The Balaban J connectivity index is 2.06. The predicted octanol–water partition coefficient (Wildman–Crippen LogP) is 5.39. The third-order valence-corrected chi connectivity index (χ3v) is 6.08. The van der Waals surface area contributed by atoms with Gasteiger partial charge in [0.15, 0.2) is 18.1 Å². The molecule has 0 aromatic heterocycles. The predicted molar refractivity (Wildman–Crippen MR) is 111 cm³/mol. The van der Waals surface area contributed by atoms with Crippen molar-refractivity contribution in [1.82, 2.24) is 0 Å². The molecule has 2 aliphatic rings. The zero-order valence-corrected chi connectivity index (χ0v) is 19.4. The van der Waals surface area contributed by atoms with Crippen molar-refractivity contribution in [3.05, 3.63) is 28.8 Å². The van der Waals surface area contributed by atoms with Gasteiger partial charge in [-0.2, -0.15) is 0 Å². The number of benzene rings is 1. The minimum Gasteiger partial charge on any atom is -0.463 e. The Bertz CT molecular complexity index is 629. The summed E-state index contributed by atoms with van der Waals surface area (Å²) in [6.45, 7) is 17.0. The van der Waals surface area contributed by atoms with Gasteiger partial charge in [-0.05, 0) is 17.8 Å². The van der Waals surface area contributed by atoms with E-state index in [1.54, 1.807) is 0 Å². The molecule has 0 N–H and O–H groups in total. The van der Waals surface area contributed by atoms with Crippen molar-refractivity contribution in [2.75, 3.05) is 19.8 Å². The first-order valence-electron chi connectivity index (χ1n) is 9.36. The molecule has 2 unspecified atom stereocenters. The van der Waals surface area contributed by atoms with E-state index < -0.39 is 11.7 Å². The molecule has 2 saturated heterocycles. The fraction of sp³-hybridized carbons (Fsp3) is 0.700. The molecule has 1 aromatic carbocycles. The van der Waals surface area contributed by atoms with Crippen LogP contribution in [0.1, 0.15) is 58.2 Å². The van der Waals surface area contributed by atoms with Crippen LogP contribution in [0.4, 0.5) is 0 Å². The van der Waals surface area contributed by atoms with Crippen LogP contribution < -0.4 is 4.74 Å². The molecule has 0 bridgehead atoms. The Hall–Kier alpha value is -0.280. The second kappa shape index (κ2) is 7.86. The monoisotopic (exact) mass is 414 g/mol. The lowest BCUT2D eigenvalue weighted by atomic mass is 9.78. The fourth-order valence-corrected chi connectivity index (χ4v) is 4.94. The maximum atomic E-state index is 6.67. The van der Waals surface area contributed by atoms with Crippen LogP contribution in [0.2, 0.25) is 0 Å². The number of hydrogen-bond donors (Lipinski definition) is 0. The molecule has 152 valence electrons. The molecule has 2 heterocycles. The van der Waals surface area contributed by atoms with Crippen LogP contribution in [0.15, 0.2) is 12.1 Å². The minimum atomic E-state index is -0.459. The summed E-state index contributed by atoms with van der Waals surface area (Å²) in [6.07, 6.45) is -0.459. The summed E-state index contributed by atoms with van der Waals surface area (Å²) in [5, 5.41) is 0. The average Bonchev–Trinajstić information content (AvgIpc) is 2.57. The second-order valence-corrected chi connectivity index (χ2v) is 11.1. The van der Waals surface area contributed by atoms with E-state index in [2.05, 4.69) is 60.6 Å². The van der Waals surface area contributed by atoms with E-state index in [1.165, 1.54) is 16.7 Å². The van der Waals surface area contributed by atoms with E-state index in [4.69, 9.17) is 22.8 Å². The van der Waals surface area contributed by atoms with Crippen LogP contribution in [0.5, 0.6) is 5.75 Å². The Kier molecular flexibility index (Phi) is 6.24. The van der Waals surface area contributed by atoms with Crippen LogP contribution in [0, 0.1) is 12.3 Å². The zero-order chi connectivity index (χ0) is 19.9. The highest BCUT2D eigenvalue weighted by Crippen LogP contribution is 2.47. The van der Waals surface area contributed by atoms with E-state index in [0.29, 0.717) is 19.8 Å². The van der Waals surface area contributed by atoms with Gasteiger partial charge in [-0.1, -0.05) is 59.2 Å². The molecule has 27 heavy (non-hydrogen) atoms. The first-order valence-corrected chi connectivity index (χ1v) is 11.0. The van der Waals surface area contributed by atoms with Gasteiger partial charge in [0.1, 0.15) is 11.2 Å². The Morgan fingerprint density at radius 3 is 1.85 bits per heavy atom. The van der Waals surface area contributed by atoms with Crippen molar-refractivity contribution in [1.29, 1.82) is 0 Å². The van der Waals surface area contributed by atoms with E-state index in [0.717, 1.165) is 5.75 Å². The Morgan fingerprint density at radius 1 is 0.889 bits per heavy atom. The van der Waals surface area contributed by atoms with Gasteiger partial charge in [0.25, 0.3) is 0 Å². The first-order chi connectivity index (χ1) is 12.5. The third kappa shape index (κ3) is 4.66. The van der Waals surface area contributed by atoms with Crippen LogP contribution in [-0.2, 0) is 28.9 Å². The van der Waals surface area contributed by atoms with Gasteiger partial charge in [-0.25, -0.2) is 0 Å². The van der Waals surface area contributed by atoms with Gasteiger partial charge < -0.3 is 18.3 Å². The molecule has 3 rings (SSSR count). The molecule has 2 atom stereocenters. The molecule has 0 radical (unpaired) electrons. The highest BCUT2D eigenvalue weighted by atomic mass is 31.1. The van der Waals surface area contributed by atoms with Gasteiger partial charge in [-0.3, -0.25) is 4.52 Å². The van der Waals surface area contributed by atoms with Crippen molar-refractivity contribution >= 4 is 18.1 Å². The molecule has 0 aliphatic carbocycles. The van der Waals surface area contributed by atoms with Crippen LogP contribution in [0.3, 0.4) is 0 Å². The molecule has 0 saturated carbocycles. The lowest BCUT2D eigenvalue weighted by molar-refractivity contribution is -0.171. The van der Waals surface area contributed by atoms with Gasteiger partial charge >= 0.3 is 0 Å². The van der Waals surface area contributed by atoms with Crippen molar-refractivity contribution in [3.8, 4) is 5.75 Å². The highest BCUT2D eigenvalue weighted by molar-refractivity contribution is 7.26. The maximum Gasteiger partial charge on any atom is 0.217 e. The molecule has 1 aromatic rings. The van der Waals surface area contributed by atoms with Gasteiger partial charge in [0, 0.05) is 11.1 Å². The number of aryl methyl sites for hydroxylation is 1. The molecular formula is C20H32O5P2. The largest absolute Gasteiger partial charge is 0.463 e. The lowest BCUT2D eigenvalue weighted by Crippen LogP contribution is -2.52.